The van der Waals surface area contributed by atoms with E-state index in [-0.39, 0.29) is 0 Å². The van der Waals surface area contributed by atoms with E-state index < -0.39 is 0 Å². The van der Waals surface area contributed by atoms with Crippen LogP contribution in [0.1, 0.15) is 57.9 Å². The van der Waals surface area contributed by atoms with Gasteiger partial charge in [0, 0.05) is 23.7 Å². The molecule has 1 heterocycles. The van der Waals surface area contributed by atoms with Crippen molar-refractivity contribution in [2.24, 2.45) is 11.8 Å². The standard InChI is InChI=1S/C19H27N/c1-18-13-12-14-8-4-5-9-15(14)19(18,2)20(3)17-11-7-6-10-16(17)18/h6-7,10-11,14-15H,4-5,8-9,12-13H2,1-3H3. The minimum absolute atomic E-state index is 0.319. The summed E-state index contributed by atoms with van der Waals surface area (Å²) in [5.74, 6) is 1.85. The molecule has 1 aromatic rings. The molecule has 0 aromatic heterocycles. The molecular weight excluding hydrogens is 242 g/mol. The summed E-state index contributed by atoms with van der Waals surface area (Å²) < 4.78 is 0. The number of hydrogen-bond acceptors (Lipinski definition) is 1. The SMILES string of the molecule is CN1c2ccccc2C2(C)CCC3CCCCC3C12C. The zero-order chi connectivity index (χ0) is 14.0. The molecule has 2 fully saturated rings. The predicted molar refractivity (Wildman–Crippen MR) is 85.3 cm³/mol. The number of nitrogens with zero attached hydrogens (tertiary/aromatic N) is 1. The second-order valence-electron chi connectivity index (χ2n) is 7.75. The average molecular weight is 269 g/mol. The molecule has 20 heavy (non-hydrogen) atoms. The smallest absolute Gasteiger partial charge is 0.0496 e. The van der Waals surface area contributed by atoms with Gasteiger partial charge in [0.15, 0.2) is 0 Å². The number of likely N-dealkylation sites (N-methyl/N-ethyl adjacent to an activating group) is 1. The molecule has 0 spiro atoms. The number of rotatable bonds is 0. The van der Waals surface area contributed by atoms with E-state index in [4.69, 9.17) is 0 Å². The van der Waals surface area contributed by atoms with Crippen LogP contribution >= 0.6 is 0 Å². The summed E-state index contributed by atoms with van der Waals surface area (Å²) in [6.45, 7) is 5.11. The van der Waals surface area contributed by atoms with E-state index >= 15 is 0 Å². The first-order valence-corrected chi connectivity index (χ1v) is 8.42. The molecule has 2 aliphatic carbocycles. The Morgan fingerprint density at radius 3 is 2.65 bits per heavy atom. The maximum absolute atomic E-state index is 2.64. The summed E-state index contributed by atoms with van der Waals surface area (Å²) in [5, 5.41) is 0. The van der Waals surface area contributed by atoms with Crippen molar-refractivity contribution in [1.82, 2.24) is 0 Å². The van der Waals surface area contributed by atoms with Crippen LogP contribution in [0.15, 0.2) is 24.3 Å². The summed E-state index contributed by atoms with van der Waals surface area (Å²) in [4.78, 5) is 2.64. The highest BCUT2D eigenvalue weighted by Crippen LogP contribution is 2.63. The summed E-state index contributed by atoms with van der Waals surface area (Å²) in [7, 11) is 2.35. The Hall–Kier alpha value is -0.980. The molecule has 1 heteroatoms. The largest absolute Gasteiger partial charge is 0.368 e. The van der Waals surface area contributed by atoms with Crippen molar-refractivity contribution >= 4 is 5.69 Å². The Morgan fingerprint density at radius 2 is 1.80 bits per heavy atom. The van der Waals surface area contributed by atoms with Gasteiger partial charge in [-0.05, 0) is 49.7 Å². The second kappa shape index (κ2) is 4.02. The van der Waals surface area contributed by atoms with Crippen LogP contribution in [0.4, 0.5) is 5.69 Å². The van der Waals surface area contributed by atoms with Gasteiger partial charge in [0.25, 0.3) is 0 Å². The van der Waals surface area contributed by atoms with E-state index in [9.17, 15) is 0 Å². The molecule has 0 saturated heterocycles. The lowest BCUT2D eigenvalue weighted by Gasteiger charge is -2.58. The highest BCUT2D eigenvalue weighted by Gasteiger charge is 2.62. The van der Waals surface area contributed by atoms with Crippen LogP contribution in [-0.2, 0) is 5.41 Å². The summed E-state index contributed by atoms with van der Waals surface area (Å²) >= 11 is 0. The van der Waals surface area contributed by atoms with Crippen molar-refractivity contribution in [2.75, 3.05) is 11.9 Å². The molecule has 4 rings (SSSR count). The Labute approximate surface area is 123 Å². The maximum Gasteiger partial charge on any atom is 0.0496 e. The third-order valence-corrected chi connectivity index (χ3v) is 7.32. The van der Waals surface area contributed by atoms with Gasteiger partial charge in [0.1, 0.15) is 0 Å². The molecule has 0 radical (unpaired) electrons. The van der Waals surface area contributed by atoms with E-state index in [0.717, 1.165) is 11.8 Å². The van der Waals surface area contributed by atoms with Crippen molar-refractivity contribution in [2.45, 2.75) is 63.3 Å². The number of para-hydroxylation sites is 1. The topological polar surface area (TPSA) is 3.24 Å². The molecule has 108 valence electrons. The van der Waals surface area contributed by atoms with Crippen molar-refractivity contribution in [1.29, 1.82) is 0 Å². The minimum Gasteiger partial charge on any atom is -0.368 e. The highest BCUT2D eigenvalue weighted by molar-refractivity contribution is 5.66. The number of anilines is 1. The van der Waals surface area contributed by atoms with Gasteiger partial charge in [-0.1, -0.05) is 44.4 Å². The van der Waals surface area contributed by atoms with E-state index in [1.807, 2.05) is 0 Å². The van der Waals surface area contributed by atoms with Crippen LogP contribution in [0.5, 0.6) is 0 Å². The predicted octanol–water partition coefficient (Wildman–Crippen LogP) is 4.75. The van der Waals surface area contributed by atoms with Crippen LogP contribution in [0.2, 0.25) is 0 Å². The van der Waals surface area contributed by atoms with Crippen molar-refractivity contribution in [3.8, 4) is 0 Å². The highest BCUT2D eigenvalue weighted by atomic mass is 15.2. The fraction of sp³-hybridized carbons (Fsp3) is 0.684. The first kappa shape index (κ1) is 12.7. The lowest BCUT2D eigenvalue weighted by atomic mass is 9.51. The molecule has 1 aliphatic heterocycles. The average Bonchev–Trinajstić information content (AvgIpc) is 2.67. The van der Waals surface area contributed by atoms with Crippen LogP contribution < -0.4 is 4.90 Å². The van der Waals surface area contributed by atoms with Gasteiger partial charge in [-0.2, -0.15) is 0 Å². The van der Waals surface area contributed by atoms with Crippen LogP contribution in [-0.4, -0.2) is 12.6 Å². The molecule has 0 N–H and O–H groups in total. The Morgan fingerprint density at radius 1 is 1.05 bits per heavy atom. The minimum atomic E-state index is 0.319. The van der Waals surface area contributed by atoms with E-state index in [1.54, 1.807) is 5.56 Å². The van der Waals surface area contributed by atoms with Gasteiger partial charge in [-0.15, -0.1) is 0 Å². The number of fused-ring (bicyclic) bond motifs is 5. The first-order valence-electron chi connectivity index (χ1n) is 8.42. The first-order chi connectivity index (χ1) is 9.59. The van der Waals surface area contributed by atoms with Crippen LogP contribution in [0, 0.1) is 11.8 Å². The van der Waals surface area contributed by atoms with Gasteiger partial charge in [0.2, 0.25) is 0 Å². The van der Waals surface area contributed by atoms with Gasteiger partial charge in [0.05, 0.1) is 0 Å². The van der Waals surface area contributed by atoms with Gasteiger partial charge in [-0.3, -0.25) is 0 Å². The lowest BCUT2D eigenvalue weighted by Crippen LogP contribution is -2.63. The molecule has 1 nitrogen and oxygen atoms in total. The molecule has 0 amide bonds. The molecule has 4 atom stereocenters. The third kappa shape index (κ3) is 1.30. The van der Waals surface area contributed by atoms with Crippen molar-refractivity contribution < 1.29 is 0 Å². The van der Waals surface area contributed by atoms with Gasteiger partial charge < -0.3 is 4.90 Å². The summed E-state index contributed by atoms with van der Waals surface area (Å²) in [5.41, 5.74) is 3.76. The Balaban J connectivity index is 1.88. The molecular formula is C19H27N. The van der Waals surface area contributed by atoms with E-state index in [0.29, 0.717) is 11.0 Å². The van der Waals surface area contributed by atoms with E-state index in [1.165, 1.54) is 44.2 Å². The molecule has 3 aliphatic rings. The number of hydrogen-bond donors (Lipinski definition) is 0. The third-order valence-electron chi connectivity index (χ3n) is 7.32. The molecule has 4 unspecified atom stereocenters. The zero-order valence-electron chi connectivity index (χ0n) is 13.2. The quantitative estimate of drug-likeness (QED) is 0.657. The van der Waals surface area contributed by atoms with Crippen molar-refractivity contribution in [3.63, 3.8) is 0 Å². The van der Waals surface area contributed by atoms with Gasteiger partial charge >= 0.3 is 0 Å². The summed E-state index contributed by atoms with van der Waals surface area (Å²) in [6, 6.07) is 9.16. The molecule has 2 saturated carbocycles. The van der Waals surface area contributed by atoms with Gasteiger partial charge in [-0.25, -0.2) is 0 Å². The van der Waals surface area contributed by atoms with E-state index in [2.05, 4.69) is 50.1 Å². The second-order valence-corrected chi connectivity index (χ2v) is 7.75. The zero-order valence-corrected chi connectivity index (χ0v) is 13.2. The fourth-order valence-electron chi connectivity index (χ4n) is 5.94. The normalized spacial score (nSPS) is 42.9. The Kier molecular flexibility index (Phi) is 2.56. The van der Waals surface area contributed by atoms with Crippen LogP contribution in [0.25, 0.3) is 0 Å². The Bertz CT molecular complexity index is 536. The number of benzene rings is 1. The summed E-state index contributed by atoms with van der Waals surface area (Å²) in [6.07, 6.45) is 8.63. The monoisotopic (exact) mass is 269 g/mol. The maximum atomic E-state index is 2.64. The molecule has 1 aromatic carbocycles. The molecule has 0 bridgehead atoms. The fourth-order valence-corrected chi connectivity index (χ4v) is 5.94. The lowest BCUT2D eigenvalue weighted by molar-refractivity contribution is 0.0309. The van der Waals surface area contributed by atoms with Crippen LogP contribution in [0.3, 0.4) is 0 Å². The van der Waals surface area contributed by atoms with Crippen molar-refractivity contribution in [3.05, 3.63) is 29.8 Å².